The normalized spacial score (nSPS) is 23.9. The minimum Gasteiger partial charge on any atom is -0.541 e. The fourth-order valence-corrected chi connectivity index (χ4v) is 7.51. The maximum absolute atomic E-state index is 13.3. The SMILES string of the molecule is CC(C)(CC1CCC1)CC1CCC(C(=O)CCC([C-]=O)N2CCN(CC(=O)O)CCN(C[C-]=O)CCN(CC(=O)O)CC2)C1.[Mo].[Mo]. The van der Waals surface area contributed by atoms with Gasteiger partial charge in [0.05, 0.1) is 13.1 Å². The molecule has 3 fully saturated rings. The van der Waals surface area contributed by atoms with Gasteiger partial charge in [0.2, 0.25) is 0 Å². The third-order valence-corrected chi connectivity index (χ3v) is 10.0. The summed E-state index contributed by atoms with van der Waals surface area (Å²) < 4.78 is 0. The van der Waals surface area contributed by atoms with E-state index >= 15 is 0 Å². The van der Waals surface area contributed by atoms with Crippen LogP contribution in [-0.4, -0.2) is 138 Å². The third-order valence-electron chi connectivity index (χ3n) is 10.0. The van der Waals surface area contributed by atoms with Crippen molar-refractivity contribution >= 4 is 30.3 Å². The van der Waals surface area contributed by atoms with E-state index < -0.39 is 18.0 Å². The Hall–Kier alpha value is -0.833. The molecule has 2 aliphatic carbocycles. The summed E-state index contributed by atoms with van der Waals surface area (Å²) in [6.45, 7) is 7.62. The van der Waals surface area contributed by atoms with Gasteiger partial charge in [-0.2, -0.15) is 0 Å². The molecular weight excluding hydrogens is 756 g/mol. The van der Waals surface area contributed by atoms with E-state index in [0.29, 0.717) is 76.5 Å². The topological polar surface area (TPSA) is 139 Å². The molecule has 0 aromatic heterocycles. The molecule has 13 heteroatoms. The van der Waals surface area contributed by atoms with Crippen LogP contribution in [0.1, 0.15) is 78.1 Å². The van der Waals surface area contributed by atoms with Crippen LogP contribution in [-0.2, 0) is 66.1 Å². The number of rotatable bonds is 16. The average molecular weight is 811 g/mol. The fraction of sp³-hybridized carbons (Fsp3) is 0.848. The van der Waals surface area contributed by atoms with E-state index in [2.05, 4.69) is 20.1 Å². The molecule has 1 heterocycles. The summed E-state index contributed by atoms with van der Waals surface area (Å²) in [6.07, 6.45) is 14.1. The van der Waals surface area contributed by atoms with Crippen LogP contribution in [0.2, 0.25) is 0 Å². The Morgan fingerprint density at radius 1 is 0.761 bits per heavy atom. The molecule has 0 radical (unpaired) electrons. The second-order valence-electron chi connectivity index (χ2n) is 14.2. The summed E-state index contributed by atoms with van der Waals surface area (Å²) in [5.41, 5.74) is 0.306. The Morgan fingerprint density at radius 2 is 1.28 bits per heavy atom. The van der Waals surface area contributed by atoms with Gasteiger partial charge in [-0.15, -0.1) is 0 Å². The van der Waals surface area contributed by atoms with Gasteiger partial charge in [-0.25, -0.2) is 12.6 Å². The van der Waals surface area contributed by atoms with Crippen LogP contribution < -0.4 is 0 Å². The summed E-state index contributed by atoms with van der Waals surface area (Å²) >= 11 is 0. The van der Waals surface area contributed by atoms with Gasteiger partial charge in [0.1, 0.15) is 5.78 Å². The molecule has 46 heavy (non-hydrogen) atoms. The number of Topliss-reactive ketones (excluding diaryl/α,β-unsaturated/α-hetero) is 1. The average Bonchev–Trinajstić information content (AvgIpc) is 3.39. The van der Waals surface area contributed by atoms with Crippen molar-refractivity contribution in [2.75, 3.05) is 72.0 Å². The van der Waals surface area contributed by atoms with Crippen molar-refractivity contribution in [2.24, 2.45) is 23.2 Å². The van der Waals surface area contributed by atoms with Crippen LogP contribution in [0.5, 0.6) is 0 Å². The van der Waals surface area contributed by atoms with Crippen molar-refractivity contribution < 1.29 is 76.3 Å². The number of aliphatic carboxylic acids is 2. The molecule has 3 unspecified atom stereocenters. The first-order valence-corrected chi connectivity index (χ1v) is 16.6. The largest absolute Gasteiger partial charge is 0.541 e. The van der Waals surface area contributed by atoms with Crippen LogP contribution in [0.25, 0.3) is 0 Å². The number of carbonyl (C=O) groups is 3. The molecule has 2 N–H and O–H groups in total. The third kappa shape index (κ3) is 15.6. The first-order chi connectivity index (χ1) is 21.0. The van der Waals surface area contributed by atoms with Gasteiger partial charge >= 0.3 is 11.9 Å². The second-order valence-corrected chi connectivity index (χ2v) is 14.2. The van der Waals surface area contributed by atoms with E-state index in [1.54, 1.807) is 9.80 Å². The van der Waals surface area contributed by atoms with Gasteiger partial charge < -0.3 is 29.6 Å². The first kappa shape index (κ1) is 43.2. The molecule has 0 aromatic rings. The van der Waals surface area contributed by atoms with Gasteiger partial charge in [-0.1, -0.05) is 52.1 Å². The molecule has 2 saturated carbocycles. The molecule has 1 aliphatic heterocycles. The fourth-order valence-electron chi connectivity index (χ4n) is 7.51. The zero-order chi connectivity index (χ0) is 32.1. The van der Waals surface area contributed by atoms with Crippen molar-refractivity contribution in [1.82, 2.24) is 19.6 Å². The molecule has 3 aliphatic rings. The first-order valence-electron chi connectivity index (χ1n) is 16.6. The Balaban J connectivity index is 0.00000529. The Bertz CT molecular complexity index is 936. The minimum absolute atomic E-state index is 0. The minimum atomic E-state index is -0.963. The van der Waals surface area contributed by atoms with Crippen LogP contribution >= 0.6 is 0 Å². The van der Waals surface area contributed by atoms with Crippen LogP contribution in [0.15, 0.2) is 0 Å². The van der Waals surface area contributed by atoms with Crippen molar-refractivity contribution in [1.29, 1.82) is 0 Å². The molecule has 1 saturated heterocycles. The van der Waals surface area contributed by atoms with E-state index in [0.717, 1.165) is 31.6 Å². The molecule has 0 spiro atoms. The summed E-state index contributed by atoms with van der Waals surface area (Å²) in [6, 6.07) is -0.639. The van der Waals surface area contributed by atoms with Crippen LogP contribution in [0, 0.1) is 23.2 Å². The van der Waals surface area contributed by atoms with E-state index in [4.69, 9.17) is 0 Å². The Kier molecular flexibility index (Phi) is 20.7. The van der Waals surface area contributed by atoms with Gasteiger partial charge in [-0.3, -0.25) is 24.2 Å². The van der Waals surface area contributed by atoms with Gasteiger partial charge in [-0.05, 0) is 49.4 Å². The molecule has 3 atom stereocenters. The van der Waals surface area contributed by atoms with Gasteiger partial charge in [0.15, 0.2) is 0 Å². The molecule has 3 rings (SSSR count). The summed E-state index contributed by atoms with van der Waals surface area (Å²) in [4.78, 5) is 67.0. The van der Waals surface area contributed by atoms with E-state index in [9.17, 15) is 34.2 Å². The number of carboxylic acid groups (broad SMARTS) is 2. The summed E-state index contributed by atoms with van der Waals surface area (Å²) in [7, 11) is 0. The molecule has 0 aromatic carbocycles. The molecule has 11 nitrogen and oxygen atoms in total. The number of carbonyl (C=O) groups excluding carboxylic acids is 3. The second kappa shape index (κ2) is 22.0. The Labute approximate surface area is 304 Å². The molecule has 0 amide bonds. The van der Waals surface area contributed by atoms with Crippen molar-refractivity contribution in [3.63, 3.8) is 0 Å². The van der Waals surface area contributed by atoms with E-state index in [-0.39, 0.29) is 73.5 Å². The number of carboxylic acids is 2. The van der Waals surface area contributed by atoms with E-state index in [1.807, 2.05) is 16.1 Å². The zero-order valence-corrected chi connectivity index (χ0v) is 31.7. The Morgan fingerprint density at radius 3 is 1.76 bits per heavy atom. The van der Waals surface area contributed by atoms with Crippen LogP contribution in [0.3, 0.4) is 0 Å². The van der Waals surface area contributed by atoms with Crippen molar-refractivity contribution in [3.8, 4) is 0 Å². The van der Waals surface area contributed by atoms with Gasteiger partial charge in [0, 0.05) is 107 Å². The molecule has 0 bridgehead atoms. The van der Waals surface area contributed by atoms with E-state index in [1.165, 1.54) is 25.7 Å². The van der Waals surface area contributed by atoms with Gasteiger partial charge in [0.25, 0.3) is 0 Å². The quantitative estimate of drug-likeness (QED) is 0.176. The number of hydrogen-bond donors (Lipinski definition) is 2. The number of hydrogen-bond acceptors (Lipinski definition) is 9. The zero-order valence-electron chi connectivity index (χ0n) is 27.7. The summed E-state index contributed by atoms with van der Waals surface area (Å²) in [5, 5.41) is 18.9. The predicted molar refractivity (Wildman–Crippen MR) is 167 cm³/mol. The predicted octanol–water partition coefficient (Wildman–Crippen LogP) is 2.33. The maximum Gasteiger partial charge on any atom is 0.317 e. The molecule has 262 valence electrons. The van der Waals surface area contributed by atoms with Crippen LogP contribution in [0.4, 0.5) is 0 Å². The smallest absolute Gasteiger partial charge is 0.317 e. The van der Waals surface area contributed by atoms with Crippen molar-refractivity contribution in [2.45, 2.75) is 84.1 Å². The number of nitrogens with zero attached hydrogens (tertiary/aromatic N) is 4. The number of ketones is 1. The van der Waals surface area contributed by atoms with Crippen molar-refractivity contribution in [3.05, 3.63) is 0 Å². The standard InChI is InChI=1S/C33H54N4O7.2Mo/c1-33(2,21-26-4-3-5-26)22-27-6-7-28(20-27)30(40)9-8-29(25-39)37-16-14-35(23-31(41)42)12-10-34(18-19-38)11-13-36(15-17-37)24-32(43)44;;/h26-29H,3-18,20-24H2,1-2H3,(H,41,42)(H,43,44);;/q-2;;. The monoisotopic (exact) mass is 814 g/mol. The summed E-state index contributed by atoms with van der Waals surface area (Å²) in [5.74, 6) is -0.226. The molecular formula is C33H54Mo2N4O7-2. The maximum atomic E-state index is 13.3.